The Kier molecular flexibility index (Phi) is 3.98. The smallest absolute Gasteiger partial charge is 0.411 e. The lowest BCUT2D eigenvalue weighted by molar-refractivity contribution is -0.323. The van der Waals surface area contributed by atoms with Gasteiger partial charge in [-0.15, -0.1) is 0 Å². The number of aliphatic carboxylic acids is 2. The van der Waals surface area contributed by atoms with Crippen molar-refractivity contribution in [3.8, 4) is 0 Å². The third kappa shape index (κ3) is 2.26. The maximum Gasteiger partial charge on any atom is 0.411 e. The van der Waals surface area contributed by atoms with Crippen LogP contribution in [0, 0.1) is 11.8 Å². The van der Waals surface area contributed by atoms with E-state index in [9.17, 15) is 29.4 Å². The molecule has 0 bridgehead atoms. The summed E-state index contributed by atoms with van der Waals surface area (Å²) in [5.74, 6) is -4.07. The average Bonchev–Trinajstić information content (AvgIpc) is 2.40. The van der Waals surface area contributed by atoms with Gasteiger partial charge >= 0.3 is 24.1 Å². The molecule has 1 saturated carbocycles. The van der Waals surface area contributed by atoms with Crippen LogP contribution in [0.3, 0.4) is 0 Å². The number of hydrogen-bond acceptors (Lipinski definition) is 6. The molecule has 0 aromatic carbocycles. The zero-order valence-corrected chi connectivity index (χ0v) is 16.8. The maximum atomic E-state index is 12.6. The quantitative estimate of drug-likeness (QED) is 0.713. The Balaban J connectivity index is 2.00. The van der Waals surface area contributed by atoms with Crippen LogP contribution in [-0.4, -0.2) is 79.5 Å². The highest BCUT2D eigenvalue weighted by Crippen LogP contribution is 2.70. The normalized spacial score (nSPS) is 33.4. The van der Waals surface area contributed by atoms with E-state index in [2.05, 4.69) is 0 Å². The number of carbonyl (C=O) groups excluding carboxylic acids is 2. The highest BCUT2D eigenvalue weighted by molar-refractivity contribution is 6.04. The van der Waals surface area contributed by atoms with Crippen molar-refractivity contribution < 1.29 is 38.9 Å². The highest BCUT2D eigenvalue weighted by Gasteiger charge is 2.94. The molecule has 2 aliphatic heterocycles. The monoisotopic (exact) mass is 398 g/mol. The zero-order valence-electron chi connectivity index (χ0n) is 16.8. The van der Waals surface area contributed by atoms with Crippen molar-refractivity contribution >= 4 is 24.1 Å². The summed E-state index contributed by atoms with van der Waals surface area (Å²) in [7, 11) is 0. The number of nitrogens with zero attached hydrogens (tertiary/aromatic N) is 2. The minimum Gasteiger partial charge on any atom is -0.479 e. The second kappa shape index (κ2) is 5.51. The van der Waals surface area contributed by atoms with Crippen LogP contribution in [0.5, 0.6) is 0 Å². The summed E-state index contributed by atoms with van der Waals surface area (Å²) < 4.78 is 10.5. The second-order valence-electron chi connectivity index (χ2n) is 9.54. The lowest BCUT2D eigenvalue weighted by atomic mass is 9.36. The van der Waals surface area contributed by atoms with Gasteiger partial charge in [0.05, 0.1) is 0 Å². The Hall–Kier alpha value is -2.52. The van der Waals surface area contributed by atoms with Crippen LogP contribution in [0.4, 0.5) is 9.59 Å². The van der Waals surface area contributed by atoms with Gasteiger partial charge in [0.15, 0.2) is 11.1 Å². The molecule has 0 unspecified atom stereocenters. The van der Waals surface area contributed by atoms with Crippen molar-refractivity contribution in [2.45, 2.75) is 63.8 Å². The molecule has 2 amide bonds. The van der Waals surface area contributed by atoms with Gasteiger partial charge in [-0.1, -0.05) is 0 Å². The number of ether oxygens (including phenoxy) is 2. The van der Waals surface area contributed by atoms with Gasteiger partial charge in [-0.2, -0.15) is 0 Å². The van der Waals surface area contributed by atoms with Crippen LogP contribution in [0.25, 0.3) is 0 Å². The number of hydrogen-bond donors (Lipinski definition) is 2. The van der Waals surface area contributed by atoms with Gasteiger partial charge in [0.2, 0.25) is 0 Å². The Bertz CT molecular complexity index is 703. The topological polar surface area (TPSA) is 134 Å². The fourth-order valence-electron chi connectivity index (χ4n) is 4.78. The maximum absolute atomic E-state index is 12.6. The Labute approximate surface area is 162 Å². The van der Waals surface area contributed by atoms with Crippen LogP contribution in [0.15, 0.2) is 0 Å². The first kappa shape index (κ1) is 20.2. The molecule has 0 aromatic rings. The lowest BCUT2D eigenvalue weighted by Gasteiger charge is -2.81. The predicted octanol–water partition coefficient (Wildman–Crippen LogP) is 1.38. The van der Waals surface area contributed by atoms with Crippen molar-refractivity contribution in [3.63, 3.8) is 0 Å². The van der Waals surface area contributed by atoms with E-state index in [0.29, 0.717) is 0 Å². The number of carbonyl (C=O) groups is 4. The van der Waals surface area contributed by atoms with Gasteiger partial charge < -0.3 is 19.7 Å². The van der Waals surface area contributed by atoms with E-state index in [1.165, 1.54) is 0 Å². The molecule has 0 aromatic heterocycles. The molecule has 2 saturated heterocycles. The van der Waals surface area contributed by atoms with Crippen molar-refractivity contribution in [2.24, 2.45) is 11.8 Å². The minimum absolute atomic E-state index is 0.0725. The molecular formula is C18H26N2O8. The van der Waals surface area contributed by atoms with Gasteiger partial charge in [0.25, 0.3) is 0 Å². The Morgan fingerprint density at radius 1 is 0.750 bits per heavy atom. The average molecular weight is 398 g/mol. The minimum atomic E-state index is -2.07. The number of likely N-dealkylation sites (tertiary alicyclic amines) is 2. The van der Waals surface area contributed by atoms with Gasteiger partial charge in [0.1, 0.15) is 11.2 Å². The molecule has 2 heterocycles. The molecule has 2 N–H and O–H groups in total. The van der Waals surface area contributed by atoms with Crippen molar-refractivity contribution in [3.05, 3.63) is 0 Å². The SMILES string of the molecule is CC(C)(C)OC(=O)N1C[C@@H]2[C@H]3CN(C(=O)OC(C)(C)C)[C@@]3(C(=O)O)[C@@]21C(=O)O. The van der Waals surface area contributed by atoms with Crippen LogP contribution in [-0.2, 0) is 19.1 Å². The molecule has 0 spiro atoms. The fourth-order valence-corrected chi connectivity index (χ4v) is 4.78. The first-order valence-electron chi connectivity index (χ1n) is 9.08. The van der Waals surface area contributed by atoms with Crippen molar-refractivity contribution in [2.75, 3.05) is 13.1 Å². The van der Waals surface area contributed by atoms with E-state index in [4.69, 9.17) is 9.47 Å². The Morgan fingerprint density at radius 3 is 1.25 bits per heavy atom. The lowest BCUT2D eigenvalue weighted by Crippen LogP contribution is -3.04. The summed E-state index contributed by atoms with van der Waals surface area (Å²) in [6.07, 6.45) is -1.83. The molecule has 3 fully saturated rings. The third-order valence-electron chi connectivity index (χ3n) is 5.63. The van der Waals surface area contributed by atoms with Crippen LogP contribution < -0.4 is 0 Å². The second-order valence-corrected chi connectivity index (χ2v) is 9.54. The number of carboxylic acids is 2. The molecule has 10 heteroatoms. The number of rotatable bonds is 2. The van der Waals surface area contributed by atoms with Crippen molar-refractivity contribution in [1.29, 1.82) is 0 Å². The molecule has 4 atom stereocenters. The first-order chi connectivity index (χ1) is 12.6. The van der Waals surface area contributed by atoms with Gasteiger partial charge in [-0.25, -0.2) is 19.2 Å². The van der Waals surface area contributed by atoms with Gasteiger partial charge in [-0.05, 0) is 41.5 Å². The number of piperidine rings is 2. The van der Waals surface area contributed by atoms with Crippen molar-refractivity contribution in [1.82, 2.24) is 9.80 Å². The number of carboxylic acid groups (broad SMARTS) is 2. The summed E-state index contributed by atoms with van der Waals surface area (Å²) in [4.78, 5) is 51.7. The molecule has 10 nitrogen and oxygen atoms in total. The predicted molar refractivity (Wildman–Crippen MR) is 93.6 cm³/mol. The number of fused-ring (bicyclic) bond motifs is 4. The zero-order chi connectivity index (χ0) is 21.4. The highest BCUT2D eigenvalue weighted by atomic mass is 16.6. The van der Waals surface area contributed by atoms with E-state index in [0.717, 1.165) is 9.80 Å². The largest absolute Gasteiger partial charge is 0.479 e. The van der Waals surface area contributed by atoms with Crippen LogP contribution >= 0.6 is 0 Å². The first-order valence-corrected chi connectivity index (χ1v) is 9.08. The molecule has 3 rings (SSSR count). The van der Waals surface area contributed by atoms with E-state index < -0.39 is 58.2 Å². The fraction of sp³-hybridized carbons (Fsp3) is 0.778. The summed E-state index contributed by atoms with van der Waals surface area (Å²) in [6.45, 7) is 9.91. The molecule has 1 aliphatic carbocycles. The van der Waals surface area contributed by atoms with Crippen LogP contribution in [0.1, 0.15) is 41.5 Å². The third-order valence-corrected chi connectivity index (χ3v) is 5.63. The number of amides is 2. The van der Waals surface area contributed by atoms with E-state index in [1.54, 1.807) is 41.5 Å². The summed E-state index contributed by atoms with van der Waals surface area (Å²) in [5.41, 5.74) is -5.90. The molecule has 3 aliphatic rings. The molecule has 0 radical (unpaired) electrons. The molecule has 156 valence electrons. The standard InChI is InChI=1S/C18H26N2O8/c1-15(2,3)27-13(25)19-7-9-10-8-20(14(26)28-16(4,5)6)18(10,12(23)24)17(9,19)11(21)22/h9-10H,7-8H2,1-6H3,(H,21,22)(H,23,24)/t9-,10-,17+,18+/m1/s1. The van der Waals surface area contributed by atoms with Gasteiger partial charge in [-0.3, -0.25) is 9.80 Å². The Morgan fingerprint density at radius 2 is 1.04 bits per heavy atom. The van der Waals surface area contributed by atoms with E-state index in [-0.39, 0.29) is 13.1 Å². The van der Waals surface area contributed by atoms with Crippen LogP contribution in [0.2, 0.25) is 0 Å². The molecular weight excluding hydrogens is 372 g/mol. The summed E-state index contributed by atoms with van der Waals surface area (Å²) >= 11 is 0. The summed E-state index contributed by atoms with van der Waals surface area (Å²) in [6, 6.07) is 0. The summed E-state index contributed by atoms with van der Waals surface area (Å²) in [5, 5.41) is 20.0. The van der Waals surface area contributed by atoms with E-state index >= 15 is 0 Å². The molecule has 28 heavy (non-hydrogen) atoms. The van der Waals surface area contributed by atoms with Gasteiger partial charge in [0, 0.05) is 24.9 Å². The van der Waals surface area contributed by atoms with E-state index in [1.807, 2.05) is 0 Å².